The molecule has 0 atom stereocenters. The summed E-state index contributed by atoms with van der Waals surface area (Å²) in [6, 6.07) is 8.65. The average Bonchev–Trinajstić information content (AvgIpc) is 2.44. The van der Waals surface area contributed by atoms with Crippen molar-refractivity contribution in [3.63, 3.8) is 0 Å². The highest BCUT2D eigenvalue weighted by Gasteiger charge is 2.09. The third kappa shape index (κ3) is 2.61. The van der Waals surface area contributed by atoms with Gasteiger partial charge in [-0.25, -0.2) is 4.98 Å². The van der Waals surface area contributed by atoms with Gasteiger partial charge in [0.15, 0.2) is 5.82 Å². The molecule has 6 nitrogen and oxygen atoms in total. The zero-order valence-electron chi connectivity index (χ0n) is 10.5. The SMILES string of the molecule is Cc1nc(Cl)nc(Nc2ccc(C#N)c(C#N)c2)c1N. The number of hydrogen-bond acceptors (Lipinski definition) is 6. The summed E-state index contributed by atoms with van der Waals surface area (Å²) in [5.74, 6) is 0.357. The lowest BCUT2D eigenvalue weighted by molar-refractivity contribution is 1.11. The number of nitrogens with zero attached hydrogens (tertiary/aromatic N) is 4. The summed E-state index contributed by atoms with van der Waals surface area (Å²) in [6.07, 6.45) is 0. The highest BCUT2D eigenvalue weighted by molar-refractivity contribution is 6.28. The number of aryl methyl sites for hydroxylation is 1. The van der Waals surface area contributed by atoms with Gasteiger partial charge in [-0.1, -0.05) is 0 Å². The number of anilines is 3. The standard InChI is InChI=1S/C13H9ClN6/c1-7-11(17)12(20-13(14)18-7)19-10-3-2-8(5-15)9(4-10)6-16/h2-4H,17H2,1H3,(H,18,19,20). The lowest BCUT2D eigenvalue weighted by atomic mass is 10.1. The summed E-state index contributed by atoms with van der Waals surface area (Å²) >= 11 is 5.78. The molecule has 0 saturated heterocycles. The van der Waals surface area contributed by atoms with Gasteiger partial charge in [0.2, 0.25) is 5.28 Å². The van der Waals surface area contributed by atoms with E-state index in [9.17, 15) is 0 Å². The Labute approximate surface area is 120 Å². The van der Waals surface area contributed by atoms with Crippen molar-refractivity contribution in [2.45, 2.75) is 6.92 Å². The Bertz CT molecular complexity index is 757. The molecule has 1 aromatic carbocycles. The first-order valence-corrected chi connectivity index (χ1v) is 5.94. The maximum absolute atomic E-state index is 8.98. The number of hydrogen-bond donors (Lipinski definition) is 2. The van der Waals surface area contributed by atoms with Gasteiger partial charge in [0.25, 0.3) is 0 Å². The highest BCUT2D eigenvalue weighted by Crippen LogP contribution is 2.25. The molecule has 0 aliphatic carbocycles. The smallest absolute Gasteiger partial charge is 0.224 e. The molecule has 2 rings (SSSR count). The van der Waals surface area contributed by atoms with Gasteiger partial charge in [-0.2, -0.15) is 15.5 Å². The van der Waals surface area contributed by atoms with E-state index in [1.165, 1.54) is 0 Å². The Balaban J connectivity index is 2.41. The molecule has 0 radical (unpaired) electrons. The van der Waals surface area contributed by atoms with Gasteiger partial charge in [0, 0.05) is 5.69 Å². The van der Waals surface area contributed by atoms with E-state index in [1.54, 1.807) is 25.1 Å². The number of nitrogen functional groups attached to an aromatic ring is 1. The first-order valence-electron chi connectivity index (χ1n) is 5.56. The molecule has 0 aliphatic rings. The van der Waals surface area contributed by atoms with Gasteiger partial charge in [-0.15, -0.1) is 0 Å². The minimum atomic E-state index is 0.0772. The van der Waals surface area contributed by atoms with E-state index >= 15 is 0 Å². The van der Waals surface area contributed by atoms with Crippen LogP contribution < -0.4 is 11.1 Å². The number of aromatic nitrogens is 2. The fraction of sp³-hybridized carbons (Fsp3) is 0.0769. The van der Waals surface area contributed by atoms with Crippen LogP contribution >= 0.6 is 11.6 Å². The van der Waals surface area contributed by atoms with Crippen LogP contribution in [0.3, 0.4) is 0 Å². The third-order valence-corrected chi connectivity index (χ3v) is 2.80. The first-order chi connectivity index (χ1) is 9.55. The fourth-order valence-corrected chi connectivity index (χ4v) is 1.80. The van der Waals surface area contributed by atoms with Crippen LogP contribution in [-0.4, -0.2) is 9.97 Å². The molecule has 1 aromatic heterocycles. The Hall–Kier alpha value is -2.83. The maximum Gasteiger partial charge on any atom is 0.224 e. The van der Waals surface area contributed by atoms with Crippen molar-refractivity contribution in [1.82, 2.24) is 9.97 Å². The molecule has 0 bridgehead atoms. The van der Waals surface area contributed by atoms with E-state index < -0.39 is 0 Å². The predicted octanol–water partition coefficient (Wildman–Crippen LogP) is 2.51. The number of nitriles is 2. The second-order valence-corrected chi connectivity index (χ2v) is 4.29. The Morgan fingerprint density at radius 1 is 1.20 bits per heavy atom. The van der Waals surface area contributed by atoms with E-state index in [0.29, 0.717) is 28.5 Å². The summed E-state index contributed by atoms with van der Waals surface area (Å²) in [7, 11) is 0. The normalized spacial score (nSPS) is 9.60. The topological polar surface area (TPSA) is 111 Å². The summed E-state index contributed by atoms with van der Waals surface area (Å²) in [5.41, 5.74) is 7.96. The fourth-order valence-electron chi connectivity index (χ4n) is 1.59. The molecule has 0 aliphatic heterocycles. The molecular formula is C13H9ClN6. The maximum atomic E-state index is 8.98. The summed E-state index contributed by atoms with van der Waals surface area (Å²) < 4.78 is 0. The summed E-state index contributed by atoms with van der Waals surface area (Å²) in [5, 5.41) is 20.9. The molecule has 20 heavy (non-hydrogen) atoms. The van der Waals surface area contributed by atoms with Crippen molar-refractivity contribution in [3.8, 4) is 12.1 Å². The molecule has 0 unspecified atom stereocenters. The zero-order valence-corrected chi connectivity index (χ0v) is 11.2. The van der Waals surface area contributed by atoms with Crippen molar-refractivity contribution in [2.24, 2.45) is 0 Å². The molecule has 0 saturated carbocycles. The number of halogens is 1. The Morgan fingerprint density at radius 2 is 1.90 bits per heavy atom. The van der Waals surface area contributed by atoms with Gasteiger partial charge in [-0.05, 0) is 36.7 Å². The van der Waals surface area contributed by atoms with E-state index in [1.807, 2.05) is 12.1 Å². The molecule has 1 heterocycles. The van der Waals surface area contributed by atoms with Crippen molar-refractivity contribution in [2.75, 3.05) is 11.1 Å². The molecule has 0 spiro atoms. The lowest BCUT2D eigenvalue weighted by Crippen LogP contribution is -2.04. The monoisotopic (exact) mass is 284 g/mol. The van der Waals surface area contributed by atoms with E-state index in [4.69, 9.17) is 27.9 Å². The van der Waals surface area contributed by atoms with Crippen LogP contribution in [-0.2, 0) is 0 Å². The van der Waals surface area contributed by atoms with Crippen molar-refractivity contribution in [1.29, 1.82) is 10.5 Å². The average molecular weight is 285 g/mol. The van der Waals surface area contributed by atoms with Crippen molar-refractivity contribution < 1.29 is 0 Å². The van der Waals surface area contributed by atoms with Gasteiger partial charge in [0.05, 0.1) is 22.5 Å². The van der Waals surface area contributed by atoms with E-state index in [0.717, 1.165) is 0 Å². The first kappa shape index (κ1) is 13.6. The largest absolute Gasteiger partial charge is 0.394 e. The number of nitrogens with one attached hydrogen (secondary N) is 1. The molecule has 3 N–H and O–H groups in total. The third-order valence-electron chi connectivity index (χ3n) is 2.63. The summed E-state index contributed by atoms with van der Waals surface area (Å²) in [6.45, 7) is 1.72. The molecule has 7 heteroatoms. The minimum Gasteiger partial charge on any atom is -0.394 e. The van der Waals surface area contributed by atoms with Crippen molar-refractivity contribution >= 4 is 28.8 Å². The number of rotatable bonds is 2. The van der Waals surface area contributed by atoms with Crippen LogP contribution in [0.25, 0.3) is 0 Å². The van der Waals surface area contributed by atoms with Crippen LogP contribution in [0.5, 0.6) is 0 Å². The highest BCUT2D eigenvalue weighted by atomic mass is 35.5. The van der Waals surface area contributed by atoms with Crippen LogP contribution in [0, 0.1) is 29.6 Å². The number of benzene rings is 1. The molecule has 0 amide bonds. The molecular weight excluding hydrogens is 276 g/mol. The second kappa shape index (κ2) is 5.43. The quantitative estimate of drug-likeness (QED) is 0.820. The van der Waals surface area contributed by atoms with Crippen molar-refractivity contribution in [3.05, 3.63) is 40.3 Å². The number of nitrogens with two attached hydrogens (primary N) is 1. The van der Waals surface area contributed by atoms with E-state index in [2.05, 4.69) is 15.3 Å². The van der Waals surface area contributed by atoms with Gasteiger partial charge >= 0.3 is 0 Å². The molecule has 98 valence electrons. The van der Waals surface area contributed by atoms with Crippen LogP contribution in [0.4, 0.5) is 17.2 Å². The lowest BCUT2D eigenvalue weighted by Gasteiger charge is -2.10. The summed E-state index contributed by atoms with van der Waals surface area (Å²) in [4.78, 5) is 7.93. The van der Waals surface area contributed by atoms with E-state index in [-0.39, 0.29) is 10.8 Å². The zero-order chi connectivity index (χ0) is 14.7. The van der Waals surface area contributed by atoms with Gasteiger partial charge in [-0.3, -0.25) is 0 Å². The van der Waals surface area contributed by atoms with Gasteiger partial charge < -0.3 is 11.1 Å². The molecule has 0 fully saturated rings. The second-order valence-electron chi connectivity index (χ2n) is 3.95. The van der Waals surface area contributed by atoms with Gasteiger partial charge in [0.1, 0.15) is 12.1 Å². The minimum absolute atomic E-state index is 0.0772. The Kier molecular flexibility index (Phi) is 3.69. The predicted molar refractivity (Wildman–Crippen MR) is 75.3 cm³/mol. The van der Waals surface area contributed by atoms with Crippen LogP contribution in [0.2, 0.25) is 5.28 Å². The Morgan fingerprint density at radius 3 is 2.55 bits per heavy atom. The van der Waals surface area contributed by atoms with Crippen LogP contribution in [0.15, 0.2) is 18.2 Å². The van der Waals surface area contributed by atoms with Crippen LogP contribution in [0.1, 0.15) is 16.8 Å². The molecule has 2 aromatic rings.